The molecular weight excluding hydrogens is 258 g/mol. The fourth-order valence-electron chi connectivity index (χ4n) is 2.70. The van der Waals surface area contributed by atoms with Crippen LogP contribution < -0.4 is 4.74 Å². The zero-order chi connectivity index (χ0) is 15.0. The van der Waals surface area contributed by atoms with Gasteiger partial charge in [0.05, 0.1) is 12.6 Å². The molecule has 0 atom stereocenters. The molecule has 3 rings (SSSR count). The van der Waals surface area contributed by atoms with Gasteiger partial charge in [-0.05, 0) is 44.5 Å². The Morgan fingerprint density at radius 1 is 0.857 bits per heavy atom. The summed E-state index contributed by atoms with van der Waals surface area (Å²) in [5.74, 6) is 0.819. The minimum absolute atomic E-state index is 0.819. The van der Waals surface area contributed by atoms with Gasteiger partial charge in [0.25, 0.3) is 0 Å². The van der Waals surface area contributed by atoms with Crippen LogP contribution in [0.25, 0.3) is 22.2 Å². The standard InChI is InChI=1S/C19H19NO/c1-12-5-7-16(14(3)9-12)19-18(21-4)11-15-10-13(2)6-8-17(15)20-19/h5-11H,1-4H3. The number of hydrogen-bond acceptors (Lipinski definition) is 2. The first-order valence-electron chi connectivity index (χ1n) is 7.11. The van der Waals surface area contributed by atoms with E-state index in [1.165, 1.54) is 16.7 Å². The summed E-state index contributed by atoms with van der Waals surface area (Å²) in [5, 5.41) is 1.11. The van der Waals surface area contributed by atoms with E-state index in [2.05, 4.69) is 63.2 Å². The van der Waals surface area contributed by atoms with Gasteiger partial charge in [0.1, 0.15) is 11.4 Å². The molecule has 0 spiro atoms. The Bertz CT molecular complexity index is 821. The van der Waals surface area contributed by atoms with Crippen LogP contribution in [0.5, 0.6) is 5.75 Å². The highest BCUT2D eigenvalue weighted by molar-refractivity contribution is 5.86. The first-order valence-corrected chi connectivity index (χ1v) is 7.11. The molecule has 3 aromatic rings. The van der Waals surface area contributed by atoms with Crippen molar-refractivity contribution < 1.29 is 4.74 Å². The maximum absolute atomic E-state index is 5.57. The normalized spacial score (nSPS) is 10.9. The van der Waals surface area contributed by atoms with E-state index in [-0.39, 0.29) is 0 Å². The second-order valence-electron chi connectivity index (χ2n) is 5.55. The number of hydrogen-bond donors (Lipinski definition) is 0. The van der Waals surface area contributed by atoms with Crippen LogP contribution in [0.2, 0.25) is 0 Å². The molecule has 1 aromatic heterocycles. The van der Waals surface area contributed by atoms with Gasteiger partial charge >= 0.3 is 0 Å². The van der Waals surface area contributed by atoms with Crippen LogP contribution in [0.3, 0.4) is 0 Å². The summed E-state index contributed by atoms with van der Waals surface area (Å²) in [6.45, 7) is 6.30. The molecule has 0 saturated heterocycles. The molecule has 0 aliphatic carbocycles. The van der Waals surface area contributed by atoms with Gasteiger partial charge in [0.15, 0.2) is 0 Å². The number of nitrogens with zero attached hydrogens (tertiary/aromatic N) is 1. The van der Waals surface area contributed by atoms with Gasteiger partial charge in [-0.3, -0.25) is 0 Å². The van der Waals surface area contributed by atoms with Gasteiger partial charge in [-0.15, -0.1) is 0 Å². The average Bonchev–Trinajstić information content (AvgIpc) is 2.46. The predicted molar refractivity (Wildman–Crippen MR) is 87.9 cm³/mol. The summed E-state index contributed by atoms with van der Waals surface area (Å²) in [6, 6.07) is 14.8. The number of ether oxygens (including phenoxy) is 1. The molecule has 106 valence electrons. The van der Waals surface area contributed by atoms with Crippen molar-refractivity contribution in [3.05, 3.63) is 59.2 Å². The molecule has 0 saturated carbocycles. The number of aryl methyl sites for hydroxylation is 3. The molecule has 21 heavy (non-hydrogen) atoms. The lowest BCUT2D eigenvalue weighted by molar-refractivity contribution is 0.415. The highest BCUT2D eigenvalue weighted by atomic mass is 16.5. The zero-order valence-corrected chi connectivity index (χ0v) is 12.9. The van der Waals surface area contributed by atoms with E-state index < -0.39 is 0 Å². The second kappa shape index (κ2) is 5.21. The Labute approximate surface area is 125 Å². The molecule has 0 N–H and O–H groups in total. The third kappa shape index (κ3) is 2.49. The lowest BCUT2D eigenvalue weighted by Crippen LogP contribution is -1.95. The summed E-state index contributed by atoms with van der Waals surface area (Å²) >= 11 is 0. The number of pyridine rings is 1. The SMILES string of the molecule is COc1cc2cc(C)ccc2nc1-c1ccc(C)cc1C. The molecule has 0 amide bonds. The predicted octanol–water partition coefficient (Wildman–Crippen LogP) is 4.84. The van der Waals surface area contributed by atoms with Crippen LogP contribution >= 0.6 is 0 Å². The van der Waals surface area contributed by atoms with Crippen LogP contribution in [-0.4, -0.2) is 12.1 Å². The highest BCUT2D eigenvalue weighted by Crippen LogP contribution is 2.33. The van der Waals surface area contributed by atoms with E-state index in [9.17, 15) is 0 Å². The summed E-state index contributed by atoms with van der Waals surface area (Å²) in [5.41, 5.74) is 6.73. The fraction of sp³-hybridized carbons (Fsp3) is 0.211. The van der Waals surface area contributed by atoms with Gasteiger partial charge < -0.3 is 4.74 Å². The van der Waals surface area contributed by atoms with Crippen molar-refractivity contribution in [1.82, 2.24) is 4.98 Å². The van der Waals surface area contributed by atoms with Crippen LogP contribution in [0, 0.1) is 20.8 Å². The fourth-order valence-corrected chi connectivity index (χ4v) is 2.70. The molecular formula is C19H19NO. The quantitative estimate of drug-likeness (QED) is 0.669. The highest BCUT2D eigenvalue weighted by Gasteiger charge is 2.12. The Balaban J connectivity index is 2.28. The van der Waals surface area contributed by atoms with Crippen LogP contribution in [-0.2, 0) is 0 Å². The molecule has 0 radical (unpaired) electrons. The van der Waals surface area contributed by atoms with Gasteiger partial charge in [-0.25, -0.2) is 4.98 Å². The molecule has 1 heterocycles. The molecule has 2 heteroatoms. The first kappa shape index (κ1) is 13.6. The Morgan fingerprint density at radius 2 is 1.57 bits per heavy atom. The third-order valence-electron chi connectivity index (χ3n) is 3.79. The minimum Gasteiger partial charge on any atom is -0.494 e. The van der Waals surface area contributed by atoms with E-state index in [0.29, 0.717) is 0 Å². The monoisotopic (exact) mass is 277 g/mol. The molecule has 0 unspecified atom stereocenters. The molecule has 2 aromatic carbocycles. The second-order valence-corrected chi connectivity index (χ2v) is 5.55. The van der Waals surface area contributed by atoms with Crippen LogP contribution in [0.4, 0.5) is 0 Å². The van der Waals surface area contributed by atoms with E-state index in [1.807, 2.05) is 0 Å². The van der Waals surface area contributed by atoms with Gasteiger partial charge in [-0.2, -0.15) is 0 Å². The summed E-state index contributed by atoms with van der Waals surface area (Å²) in [6.07, 6.45) is 0. The minimum atomic E-state index is 0.819. The summed E-state index contributed by atoms with van der Waals surface area (Å²) in [7, 11) is 1.70. The first-order chi connectivity index (χ1) is 10.1. The van der Waals surface area contributed by atoms with Crippen molar-refractivity contribution in [2.24, 2.45) is 0 Å². The molecule has 0 aliphatic rings. The number of aromatic nitrogens is 1. The van der Waals surface area contributed by atoms with Crippen molar-refractivity contribution in [1.29, 1.82) is 0 Å². The number of methoxy groups -OCH3 is 1. The molecule has 0 fully saturated rings. The maximum atomic E-state index is 5.57. The van der Waals surface area contributed by atoms with E-state index in [0.717, 1.165) is 27.9 Å². The van der Waals surface area contributed by atoms with E-state index in [1.54, 1.807) is 7.11 Å². The lowest BCUT2D eigenvalue weighted by Gasteiger charge is -2.12. The van der Waals surface area contributed by atoms with E-state index in [4.69, 9.17) is 9.72 Å². The van der Waals surface area contributed by atoms with Crippen molar-refractivity contribution in [3.8, 4) is 17.0 Å². The molecule has 0 bridgehead atoms. The Hall–Kier alpha value is -2.35. The number of rotatable bonds is 2. The third-order valence-corrected chi connectivity index (χ3v) is 3.79. The number of fused-ring (bicyclic) bond motifs is 1. The van der Waals surface area contributed by atoms with Crippen LogP contribution in [0.1, 0.15) is 16.7 Å². The lowest BCUT2D eigenvalue weighted by atomic mass is 10.0. The van der Waals surface area contributed by atoms with Crippen molar-refractivity contribution >= 4 is 10.9 Å². The summed E-state index contributed by atoms with van der Waals surface area (Å²) < 4.78 is 5.57. The van der Waals surface area contributed by atoms with Gasteiger partial charge in [0, 0.05) is 10.9 Å². The average molecular weight is 277 g/mol. The summed E-state index contributed by atoms with van der Waals surface area (Å²) in [4.78, 5) is 4.82. The van der Waals surface area contributed by atoms with E-state index >= 15 is 0 Å². The van der Waals surface area contributed by atoms with Crippen molar-refractivity contribution in [2.45, 2.75) is 20.8 Å². The molecule has 0 aliphatic heterocycles. The zero-order valence-electron chi connectivity index (χ0n) is 12.9. The largest absolute Gasteiger partial charge is 0.494 e. The Morgan fingerprint density at radius 3 is 2.29 bits per heavy atom. The molecule has 2 nitrogen and oxygen atoms in total. The van der Waals surface area contributed by atoms with Crippen LogP contribution in [0.15, 0.2) is 42.5 Å². The van der Waals surface area contributed by atoms with Crippen molar-refractivity contribution in [3.63, 3.8) is 0 Å². The number of benzene rings is 2. The smallest absolute Gasteiger partial charge is 0.145 e. The van der Waals surface area contributed by atoms with Gasteiger partial charge in [-0.1, -0.05) is 35.4 Å². The van der Waals surface area contributed by atoms with Crippen molar-refractivity contribution in [2.75, 3.05) is 7.11 Å². The Kier molecular flexibility index (Phi) is 3.38. The topological polar surface area (TPSA) is 22.1 Å². The maximum Gasteiger partial charge on any atom is 0.145 e. The van der Waals surface area contributed by atoms with Gasteiger partial charge in [0.2, 0.25) is 0 Å².